The van der Waals surface area contributed by atoms with Gasteiger partial charge < -0.3 is 10.2 Å². The Kier molecular flexibility index (Phi) is 4.97. The van der Waals surface area contributed by atoms with Gasteiger partial charge in [-0.3, -0.25) is 4.79 Å². The fourth-order valence-electron chi connectivity index (χ4n) is 3.54. The van der Waals surface area contributed by atoms with Crippen molar-refractivity contribution in [3.8, 4) is 10.4 Å². The van der Waals surface area contributed by atoms with Crippen LogP contribution in [0.2, 0.25) is 0 Å². The Labute approximate surface area is 176 Å². The highest BCUT2D eigenvalue weighted by Gasteiger charge is 2.64. The van der Waals surface area contributed by atoms with Gasteiger partial charge in [-0.15, -0.1) is 11.3 Å². The zero-order valence-electron chi connectivity index (χ0n) is 15.5. The van der Waals surface area contributed by atoms with E-state index >= 15 is 0 Å². The average molecular weight is 444 g/mol. The summed E-state index contributed by atoms with van der Waals surface area (Å²) in [6.45, 7) is 0. The topological polar surface area (TPSA) is 121 Å². The molecule has 0 bridgehead atoms. The van der Waals surface area contributed by atoms with Crippen molar-refractivity contribution in [3.63, 3.8) is 0 Å². The molecule has 3 N–H and O–H groups in total. The third kappa shape index (κ3) is 3.51. The minimum Gasteiger partial charge on any atom is -0.480 e. The van der Waals surface area contributed by atoms with Gasteiger partial charge in [-0.2, -0.15) is 4.72 Å². The molecule has 1 aliphatic rings. The first-order valence-electron chi connectivity index (χ1n) is 8.99. The van der Waals surface area contributed by atoms with Crippen molar-refractivity contribution in [2.45, 2.75) is 22.1 Å². The first-order chi connectivity index (χ1) is 14.2. The van der Waals surface area contributed by atoms with Crippen LogP contribution in [0.3, 0.4) is 0 Å². The van der Waals surface area contributed by atoms with E-state index in [2.05, 4.69) is 4.72 Å². The maximum absolute atomic E-state index is 13.0. The summed E-state index contributed by atoms with van der Waals surface area (Å²) < 4.78 is 28.2. The van der Waals surface area contributed by atoms with Crippen LogP contribution in [-0.2, 0) is 14.8 Å². The Balaban J connectivity index is 1.65. The van der Waals surface area contributed by atoms with Crippen LogP contribution in [0.4, 0.5) is 0 Å². The van der Waals surface area contributed by atoms with Gasteiger partial charge in [0.05, 0.1) is 5.56 Å². The molecule has 1 aliphatic carbocycles. The molecule has 1 aromatic heterocycles. The third-order valence-electron chi connectivity index (χ3n) is 5.13. The number of sulfonamides is 1. The van der Waals surface area contributed by atoms with Gasteiger partial charge in [0.15, 0.2) is 0 Å². The molecule has 3 aromatic rings. The van der Waals surface area contributed by atoms with Gasteiger partial charge in [-0.25, -0.2) is 13.2 Å². The van der Waals surface area contributed by atoms with Crippen molar-refractivity contribution in [3.05, 3.63) is 77.9 Å². The second-order valence-electron chi connectivity index (χ2n) is 7.02. The minimum absolute atomic E-state index is 0.000789. The third-order valence-corrected chi connectivity index (χ3v) is 8.27. The number of carbonyl (C=O) groups is 2. The summed E-state index contributed by atoms with van der Waals surface area (Å²) in [6, 6.07) is 18.4. The van der Waals surface area contributed by atoms with Gasteiger partial charge in [0.25, 0.3) is 10.0 Å². The molecule has 1 heterocycles. The summed E-state index contributed by atoms with van der Waals surface area (Å²) in [5.74, 6) is -3.30. The molecule has 0 radical (unpaired) electrons. The molecule has 154 valence electrons. The first kappa shape index (κ1) is 20.3. The summed E-state index contributed by atoms with van der Waals surface area (Å²) in [6.07, 6.45) is -0.0250. The molecule has 4 rings (SSSR count). The number of benzene rings is 2. The molecule has 9 heteroatoms. The summed E-state index contributed by atoms with van der Waals surface area (Å²) >= 11 is 1.04. The molecule has 2 aromatic carbocycles. The Bertz CT molecular complexity index is 1240. The Morgan fingerprint density at radius 2 is 1.63 bits per heavy atom. The summed E-state index contributed by atoms with van der Waals surface area (Å²) in [5, 5.41) is 19.2. The normalized spacial score (nSPS) is 20.6. The number of hydrogen-bond acceptors (Lipinski definition) is 5. The smallest absolute Gasteiger partial charge is 0.335 e. The van der Waals surface area contributed by atoms with Gasteiger partial charge in [0, 0.05) is 10.8 Å². The number of carboxylic acid groups (broad SMARTS) is 2. The maximum Gasteiger partial charge on any atom is 0.335 e. The monoisotopic (exact) mass is 443 g/mol. The maximum atomic E-state index is 13.0. The molecule has 0 amide bonds. The van der Waals surface area contributed by atoms with Crippen LogP contribution in [0, 0.1) is 0 Å². The molecule has 30 heavy (non-hydrogen) atoms. The molecule has 2 unspecified atom stereocenters. The van der Waals surface area contributed by atoms with Crippen molar-refractivity contribution in [2.75, 3.05) is 0 Å². The van der Waals surface area contributed by atoms with Crippen LogP contribution in [0.5, 0.6) is 0 Å². The standard InChI is InChI=1S/C21H17NO6S2/c23-19(24)15-9-5-4-8-14(15)16-12-21(16,20(25)26)22-30(27,28)18-11-10-17(29-18)13-6-2-1-3-7-13/h1-11,16,22H,12H2,(H,23,24)(H,25,26). The fourth-order valence-corrected chi connectivity index (χ4v) is 6.26. The lowest BCUT2D eigenvalue weighted by Crippen LogP contribution is -2.44. The number of aliphatic carboxylic acids is 1. The average Bonchev–Trinajstić information content (AvgIpc) is 3.21. The second-order valence-corrected chi connectivity index (χ2v) is 10.0. The van der Waals surface area contributed by atoms with E-state index in [1.165, 1.54) is 18.2 Å². The molecular weight excluding hydrogens is 426 g/mol. The molecule has 7 nitrogen and oxygen atoms in total. The number of nitrogens with one attached hydrogen (secondary N) is 1. The molecule has 1 saturated carbocycles. The van der Waals surface area contributed by atoms with E-state index in [0.29, 0.717) is 5.56 Å². The number of carboxylic acids is 2. The Morgan fingerprint density at radius 1 is 0.967 bits per heavy atom. The van der Waals surface area contributed by atoms with Crippen LogP contribution < -0.4 is 4.72 Å². The fraction of sp³-hybridized carbons (Fsp3) is 0.143. The van der Waals surface area contributed by atoms with Crippen LogP contribution in [0.15, 0.2) is 70.9 Å². The predicted molar refractivity (Wildman–Crippen MR) is 111 cm³/mol. The van der Waals surface area contributed by atoms with Gasteiger partial charge in [-0.05, 0) is 35.7 Å². The lowest BCUT2D eigenvalue weighted by molar-refractivity contribution is -0.140. The molecule has 0 aliphatic heterocycles. The van der Waals surface area contributed by atoms with Crippen LogP contribution in [0.25, 0.3) is 10.4 Å². The number of aromatic carboxylic acids is 1. The van der Waals surface area contributed by atoms with Gasteiger partial charge >= 0.3 is 11.9 Å². The first-order valence-corrected chi connectivity index (χ1v) is 11.3. The molecule has 0 saturated heterocycles. The van der Waals surface area contributed by atoms with E-state index in [1.54, 1.807) is 18.2 Å². The van der Waals surface area contributed by atoms with Gasteiger partial charge in [0.1, 0.15) is 9.75 Å². The van der Waals surface area contributed by atoms with E-state index in [4.69, 9.17) is 0 Å². The van der Waals surface area contributed by atoms with Crippen LogP contribution >= 0.6 is 11.3 Å². The van der Waals surface area contributed by atoms with Crippen molar-refractivity contribution in [1.82, 2.24) is 4.72 Å². The van der Waals surface area contributed by atoms with Crippen molar-refractivity contribution in [1.29, 1.82) is 0 Å². The number of thiophene rings is 1. The van der Waals surface area contributed by atoms with E-state index in [0.717, 1.165) is 21.8 Å². The second kappa shape index (κ2) is 7.35. The van der Waals surface area contributed by atoms with E-state index in [9.17, 15) is 28.2 Å². The zero-order chi connectivity index (χ0) is 21.5. The van der Waals surface area contributed by atoms with E-state index in [-0.39, 0.29) is 16.2 Å². The molecule has 0 spiro atoms. The lowest BCUT2D eigenvalue weighted by atomic mass is 10.0. The van der Waals surface area contributed by atoms with Crippen molar-refractivity contribution in [2.24, 2.45) is 0 Å². The van der Waals surface area contributed by atoms with Crippen LogP contribution in [-0.4, -0.2) is 36.1 Å². The van der Waals surface area contributed by atoms with E-state index in [1.807, 2.05) is 30.3 Å². The molecular formula is C21H17NO6S2. The van der Waals surface area contributed by atoms with Crippen molar-refractivity contribution < 1.29 is 28.2 Å². The van der Waals surface area contributed by atoms with Crippen molar-refractivity contribution >= 4 is 33.3 Å². The SMILES string of the molecule is O=C(O)c1ccccc1C1CC1(NS(=O)(=O)c1ccc(-c2ccccc2)s1)C(=O)O. The Hall–Kier alpha value is -3.01. The zero-order valence-corrected chi connectivity index (χ0v) is 17.1. The quantitative estimate of drug-likeness (QED) is 0.515. The Morgan fingerprint density at radius 3 is 2.30 bits per heavy atom. The highest BCUT2D eigenvalue weighted by Crippen LogP contribution is 2.53. The largest absolute Gasteiger partial charge is 0.480 e. The summed E-state index contributed by atoms with van der Waals surface area (Å²) in [7, 11) is -4.12. The lowest BCUT2D eigenvalue weighted by Gasteiger charge is -2.15. The molecule has 2 atom stereocenters. The number of rotatable bonds is 7. The minimum atomic E-state index is -4.12. The van der Waals surface area contributed by atoms with Crippen LogP contribution in [0.1, 0.15) is 28.3 Å². The molecule has 1 fully saturated rings. The van der Waals surface area contributed by atoms with E-state index < -0.39 is 33.4 Å². The number of hydrogen-bond donors (Lipinski definition) is 3. The van der Waals surface area contributed by atoms with Gasteiger partial charge in [-0.1, -0.05) is 48.5 Å². The predicted octanol–water partition coefficient (Wildman–Crippen LogP) is 3.40. The highest BCUT2D eigenvalue weighted by atomic mass is 32.2. The summed E-state index contributed by atoms with van der Waals surface area (Å²) in [4.78, 5) is 24.2. The summed E-state index contributed by atoms with van der Waals surface area (Å²) in [5.41, 5.74) is -0.656. The van der Waals surface area contributed by atoms with Gasteiger partial charge in [0.2, 0.25) is 0 Å². The highest BCUT2D eigenvalue weighted by molar-refractivity contribution is 7.91.